The van der Waals surface area contributed by atoms with Crippen LogP contribution in [0.5, 0.6) is 5.75 Å². The average molecular weight is 339 g/mol. The van der Waals surface area contributed by atoms with Gasteiger partial charge < -0.3 is 15.0 Å². The summed E-state index contributed by atoms with van der Waals surface area (Å²) < 4.78 is 5.18. The summed E-state index contributed by atoms with van der Waals surface area (Å²) in [7, 11) is 1.62. The highest BCUT2D eigenvalue weighted by Crippen LogP contribution is 2.21. The van der Waals surface area contributed by atoms with Crippen LogP contribution in [0.2, 0.25) is 0 Å². The summed E-state index contributed by atoms with van der Waals surface area (Å²) in [5.74, 6) is 0.752. The summed E-state index contributed by atoms with van der Waals surface area (Å²) in [6.07, 6.45) is 0. The van der Waals surface area contributed by atoms with Crippen LogP contribution in [0.3, 0.4) is 0 Å². The number of nitrogens with one attached hydrogen (secondary N) is 1. The van der Waals surface area contributed by atoms with Gasteiger partial charge >= 0.3 is 0 Å². The number of hydrogen-bond donors (Lipinski definition) is 1. The zero-order valence-corrected chi connectivity index (χ0v) is 14.9. The van der Waals surface area contributed by atoms with Crippen molar-refractivity contribution in [3.63, 3.8) is 0 Å². The molecule has 0 spiro atoms. The highest BCUT2D eigenvalue weighted by molar-refractivity contribution is 5.92. The molecule has 0 bridgehead atoms. The van der Waals surface area contributed by atoms with Crippen molar-refractivity contribution in [3.05, 3.63) is 54.1 Å². The Balaban J connectivity index is 1.50. The first kappa shape index (κ1) is 17.3. The fourth-order valence-electron chi connectivity index (χ4n) is 3.17. The van der Waals surface area contributed by atoms with E-state index >= 15 is 0 Å². The van der Waals surface area contributed by atoms with Gasteiger partial charge in [0.25, 0.3) is 0 Å². The molecule has 132 valence electrons. The van der Waals surface area contributed by atoms with Gasteiger partial charge in [0.2, 0.25) is 5.91 Å². The molecule has 2 aromatic rings. The highest BCUT2D eigenvalue weighted by atomic mass is 16.5. The zero-order chi connectivity index (χ0) is 17.6. The van der Waals surface area contributed by atoms with Gasteiger partial charge in [-0.05, 0) is 30.7 Å². The molecule has 0 aromatic heterocycles. The normalized spacial score (nSPS) is 15.0. The van der Waals surface area contributed by atoms with Gasteiger partial charge in [0.15, 0.2) is 0 Å². The van der Waals surface area contributed by atoms with Crippen LogP contribution >= 0.6 is 0 Å². The quantitative estimate of drug-likeness (QED) is 0.910. The predicted octanol–water partition coefficient (Wildman–Crippen LogP) is 2.76. The average Bonchev–Trinajstić information content (AvgIpc) is 2.63. The van der Waals surface area contributed by atoms with Crippen molar-refractivity contribution in [3.8, 4) is 5.75 Å². The summed E-state index contributed by atoms with van der Waals surface area (Å²) >= 11 is 0. The van der Waals surface area contributed by atoms with Gasteiger partial charge in [0, 0.05) is 43.6 Å². The molecule has 5 heteroatoms. The maximum Gasteiger partial charge on any atom is 0.238 e. The zero-order valence-electron chi connectivity index (χ0n) is 14.9. The lowest BCUT2D eigenvalue weighted by Crippen LogP contribution is -2.48. The monoisotopic (exact) mass is 339 g/mol. The third kappa shape index (κ3) is 4.51. The minimum atomic E-state index is 0.0117. The molecular formula is C20H25N3O2. The molecule has 1 N–H and O–H groups in total. The van der Waals surface area contributed by atoms with Crippen LogP contribution in [-0.2, 0) is 4.79 Å². The molecule has 2 aromatic carbocycles. The molecule has 0 radical (unpaired) electrons. The van der Waals surface area contributed by atoms with Crippen LogP contribution in [0, 0.1) is 6.92 Å². The van der Waals surface area contributed by atoms with Crippen molar-refractivity contribution >= 4 is 17.3 Å². The van der Waals surface area contributed by atoms with Crippen molar-refractivity contribution in [1.82, 2.24) is 4.90 Å². The lowest BCUT2D eigenvalue weighted by Gasteiger charge is -2.36. The van der Waals surface area contributed by atoms with Gasteiger partial charge in [0.05, 0.1) is 13.7 Å². The maximum atomic E-state index is 12.3. The number of benzene rings is 2. The number of piperazine rings is 1. The molecule has 5 nitrogen and oxygen atoms in total. The largest absolute Gasteiger partial charge is 0.497 e. The molecule has 3 rings (SSSR count). The van der Waals surface area contributed by atoms with Crippen LogP contribution in [0.1, 0.15) is 5.56 Å². The topological polar surface area (TPSA) is 44.8 Å². The Kier molecular flexibility index (Phi) is 5.56. The van der Waals surface area contributed by atoms with Crippen molar-refractivity contribution < 1.29 is 9.53 Å². The summed E-state index contributed by atoms with van der Waals surface area (Å²) in [6, 6.07) is 15.9. The van der Waals surface area contributed by atoms with E-state index in [0.29, 0.717) is 6.54 Å². The van der Waals surface area contributed by atoms with Crippen molar-refractivity contribution in [2.75, 3.05) is 50.1 Å². The first-order chi connectivity index (χ1) is 12.2. The molecule has 1 amide bonds. The van der Waals surface area contributed by atoms with Crippen LogP contribution in [0.15, 0.2) is 48.5 Å². The van der Waals surface area contributed by atoms with E-state index in [9.17, 15) is 4.79 Å². The van der Waals surface area contributed by atoms with Gasteiger partial charge in [-0.2, -0.15) is 0 Å². The lowest BCUT2D eigenvalue weighted by molar-refractivity contribution is -0.117. The van der Waals surface area contributed by atoms with Crippen molar-refractivity contribution in [2.45, 2.75) is 6.92 Å². The van der Waals surface area contributed by atoms with Crippen molar-refractivity contribution in [1.29, 1.82) is 0 Å². The number of rotatable bonds is 5. The Morgan fingerprint density at radius 2 is 1.84 bits per heavy atom. The molecule has 0 atom stereocenters. The number of nitrogens with zero attached hydrogens (tertiary/aromatic N) is 2. The number of carbonyl (C=O) groups is 1. The number of methoxy groups -OCH3 is 1. The Labute approximate surface area is 149 Å². The Morgan fingerprint density at radius 1 is 1.08 bits per heavy atom. The van der Waals surface area contributed by atoms with Gasteiger partial charge in [-0.3, -0.25) is 9.69 Å². The molecule has 25 heavy (non-hydrogen) atoms. The molecule has 0 saturated carbocycles. The standard InChI is InChI=1S/C20H25N3O2/c1-16-6-3-4-9-19(16)23-12-10-22(11-13-23)15-20(24)21-17-7-5-8-18(14-17)25-2/h3-9,14H,10-13,15H2,1-2H3,(H,21,24). The second kappa shape index (κ2) is 8.03. The first-order valence-electron chi connectivity index (χ1n) is 8.62. The molecule has 1 heterocycles. The molecule has 1 saturated heterocycles. The SMILES string of the molecule is COc1cccc(NC(=O)CN2CCN(c3ccccc3C)CC2)c1. The summed E-state index contributed by atoms with van der Waals surface area (Å²) in [5.41, 5.74) is 3.36. The van der Waals surface area contributed by atoms with E-state index in [1.165, 1.54) is 11.3 Å². The molecular weight excluding hydrogens is 314 g/mol. The second-order valence-electron chi connectivity index (χ2n) is 6.33. The van der Waals surface area contributed by atoms with Crippen LogP contribution in [0.4, 0.5) is 11.4 Å². The number of para-hydroxylation sites is 1. The molecule has 1 aliphatic heterocycles. The van der Waals surface area contributed by atoms with E-state index in [-0.39, 0.29) is 5.91 Å². The van der Waals surface area contributed by atoms with E-state index in [0.717, 1.165) is 37.6 Å². The smallest absolute Gasteiger partial charge is 0.238 e. The van der Waals surface area contributed by atoms with Gasteiger partial charge in [-0.25, -0.2) is 0 Å². The summed E-state index contributed by atoms with van der Waals surface area (Å²) in [6.45, 7) is 6.22. The van der Waals surface area contributed by atoms with Gasteiger partial charge in [-0.1, -0.05) is 24.3 Å². The van der Waals surface area contributed by atoms with E-state index < -0.39 is 0 Å². The third-order valence-electron chi connectivity index (χ3n) is 4.55. The summed E-state index contributed by atoms with van der Waals surface area (Å²) in [5, 5.41) is 2.94. The fraction of sp³-hybridized carbons (Fsp3) is 0.350. The minimum absolute atomic E-state index is 0.0117. The van der Waals surface area contributed by atoms with E-state index in [1.807, 2.05) is 24.3 Å². The predicted molar refractivity (Wildman–Crippen MR) is 101 cm³/mol. The van der Waals surface area contributed by atoms with Crippen LogP contribution < -0.4 is 15.0 Å². The molecule has 0 aliphatic carbocycles. The van der Waals surface area contributed by atoms with E-state index in [4.69, 9.17) is 4.74 Å². The number of ether oxygens (including phenoxy) is 1. The van der Waals surface area contributed by atoms with Crippen LogP contribution in [0.25, 0.3) is 0 Å². The number of hydrogen-bond acceptors (Lipinski definition) is 4. The van der Waals surface area contributed by atoms with Gasteiger partial charge in [0.1, 0.15) is 5.75 Å². The first-order valence-corrected chi connectivity index (χ1v) is 8.62. The minimum Gasteiger partial charge on any atom is -0.497 e. The Hall–Kier alpha value is -2.53. The lowest BCUT2D eigenvalue weighted by atomic mass is 10.1. The second-order valence-corrected chi connectivity index (χ2v) is 6.33. The van der Waals surface area contributed by atoms with E-state index in [2.05, 4.69) is 46.3 Å². The fourth-order valence-corrected chi connectivity index (χ4v) is 3.17. The highest BCUT2D eigenvalue weighted by Gasteiger charge is 2.20. The number of amides is 1. The summed E-state index contributed by atoms with van der Waals surface area (Å²) in [4.78, 5) is 16.9. The Morgan fingerprint density at radius 3 is 2.56 bits per heavy atom. The maximum absolute atomic E-state index is 12.3. The third-order valence-corrected chi connectivity index (χ3v) is 4.55. The Bertz CT molecular complexity index is 724. The van der Waals surface area contributed by atoms with Gasteiger partial charge in [-0.15, -0.1) is 0 Å². The van der Waals surface area contributed by atoms with Crippen LogP contribution in [-0.4, -0.2) is 50.6 Å². The number of aryl methyl sites for hydroxylation is 1. The molecule has 1 aliphatic rings. The molecule has 0 unspecified atom stereocenters. The van der Waals surface area contributed by atoms with Crippen molar-refractivity contribution in [2.24, 2.45) is 0 Å². The number of anilines is 2. The number of carbonyl (C=O) groups excluding carboxylic acids is 1. The van der Waals surface area contributed by atoms with E-state index in [1.54, 1.807) is 7.11 Å². The molecule has 1 fully saturated rings.